The van der Waals surface area contributed by atoms with Crippen molar-refractivity contribution >= 4 is 17.4 Å². The van der Waals surface area contributed by atoms with Crippen molar-refractivity contribution in [3.05, 3.63) is 53.6 Å². The first-order valence-electron chi connectivity index (χ1n) is 10.9. The third-order valence-corrected chi connectivity index (χ3v) is 5.79. The van der Waals surface area contributed by atoms with Crippen LogP contribution in [0.15, 0.2) is 42.5 Å². The zero-order valence-corrected chi connectivity index (χ0v) is 18.3. The Balaban J connectivity index is 1.47. The van der Waals surface area contributed by atoms with E-state index in [-0.39, 0.29) is 17.8 Å². The maximum atomic E-state index is 12.4. The van der Waals surface area contributed by atoms with Crippen LogP contribution in [0.4, 0.5) is 16.2 Å². The van der Waals surface area contributed by atoms with Gasteiger partial charge in [0, 0.05) is 43.6 Å². The summed E-state index contributed by atoms with van der Waals surface area (Å²) >= 11 is 0. The van der Waals surface area contributed by atoms with Gasteiger partial charge in [-0.3, -0.25) is 0 Å². The molecule has 0 saturated carbocycles. The van der Waals surface area contributed by atoms with Crippen molar-refractivity contribution in [3.63, 3.8) is 0 Å². The molecule has 6 nitrogen and oxygen atoms in total. The summed E-state index contributed by atoms with van der Waals surface area (Å²) in [6.07, 6.45) is 1.68. The second-order valence-electron chi connectivity index (χ2n) is 8.13. The Morgan fingerprint density at radius 3 is 2.43 bits per heavy atom. The summed E-state index contributed by atoms with van der Waals surface area (Å²) in [6, 6.07) is 13.2. The lowest BCUT2D eigenvalue weighted by molar-refractivity contribution is 0.248. The van der Waals surface area contributed by atoms with Gasteiger partial charge in [-0.15, -0.1) is 0 Å². The van der Waals surface area contributed by atoms with Crippen molar-refractivity contribution in [3.8, 4) is 5.75 Å². The number of nitrogens with one attached hydrogen (secondary N) is 2. The molecule has 1 aliphatic heterocycles. The van der Waals surface area contributed by atoms with Gasteiger partial charge in [-0.2, -0.15) is 0 Å². The fourth-order valence-corrected chi connectivity index (χ4v) is 3.90. The first-order valence-corrected chi connectivity index (χ1v) is 10.9. The van der Waals surface area contributed by atoms with Gasteiger partial charge in [-0.05, 0) is 74.7 Å². The van der Waals surface area contributed by atoms with Crippen molar-refractivity contribution in [2.75, 3.05) is 42.9 Å². The molecule has 162 valence electrons. The van der Waals surface area contributed by atoms with E-state index >= 15 is 0 Å². The highest BCUT2D eigenvalue weighted by atomic mass is 16.3. The molecule has 0 aromatic heterocycles. The SMILES string of the molecule is CCN1CCN(c2ccc(NC(=O)N[C@H](C)CCc3ccc(O)cc3)cc2C)CC1. The van der Waals surface area contributed by atoms with E-state index in [0.717, 1.165) is 56.8 Å². The summed E-state index contributed by atoms with van der Waals surface area (Å²) < 4.78 is 0. The highest BCUT2D eigenvalue weighted by Gasteiger charge is 2.17. The lowest BCUT2D eigenvalue weighted by atomic mass is 10.1. The number of aromatic hydroxyl groups is 1. The van der Waals surface area contributed by atoms with Gasteiger partial charge in [0.2, 0.25) is 0 Å². The standard InChI is InChI=1S/C24H34N4O2/c1-4-27-13-15-28(16-14-27)23-12-9-21(17-18(23)2)26-24(30)25-19(3)5-6-20-7-10-22(29)11-8-20/h7-12,17,19,29H,4-6,13-16H2,1-3H3,(H2,25,26,30)/t19-/m1/s1. The Hall–Kier alpha value is -2.73. The van der Waals surface area contributed by atoms with E-state index in [1.54, 1.807) is 12.1 Å². The minimum Gasteiger partial charge on any atom is -0.508 e. The Labute approximate surface area is 179 Å². The lowest BCUT2D eigenvalue weighted by Crippen LogP contribution is -2.46. The average molecular weight is 411 g/mol. The summed E-state index contributed by atoms with van der Waals surface area (Å²) in [7, 11) is 0. The van der Waals surface area contributed by atoms with Gasteiger partial charge < -0.3 is 25.5 Å². The van der Waals surface area contributed by atoms with Crippen LogP contribution in [0, 0.1) is 6.92 Å². The number of carbonyl (C=O) groups is 1. The third-order valence-electron chi connectivity index (χ3n) is 5.79. The maximum absolute atomic E-state index is 12.4. The minimum atomic E-state index is -0.183. The number of likely N-dealkylation sites (N-methyl/N-ethyl adjacent to an activating group) is 1. The van der Waals surface area contributed by atoms with Crippen LogP contribution in [0.25, 0.3) is 0 Å². The highest BCUT2D eigenvalue weighted by molar-refractivity contribution is 5.89. The summed E-state index contributed by atoms with van der Waals surface area (Å²) in [5.74, 6) is 0.272. The van der Waals surface area contributed by atoms with Gasteiger partial charge in [0.15, 0.2) is 0 Å². The molecule has 2 aromatic carbocycles. The second-order valence-corrected chi connectivity index (χ2v) is 8.13. The third kappa shape index (κ3) is 6.13. The summed E-state index contributed by atoms with van der Waals surface area (Å²) in [5, 5.41) is 15.3. The molecule has 3 N–H and O–H groups in total. The number of phenolic OH excluding ortho intramolecular Hbond substituents is 1. The van der Waals surface area contributed by atoms with Crippen LogP contribution >= 0.6 is 0 Å². The summed E-state index contributed by atoms with van der Waals surface area (Å²) in [6.45, 7) is 11.7. The number of nitrogens with zero attached hydrogens (tertiary/aromatic N) is 2. The van der Waals surface area contributed by atoms with Gasteiger partial charge in [-0.1, -0.05) is 19.1 Å². The molecule has 2 aromatic rings. The molecule has 0 spiro atoms. The van der Waals surface area contributed by atoms with Gasteiger partial charge in [0.05, 0.1) is 0 Å². The van der Waals surface area contributed by atoms with E-state index in [1.165, 1.54) is 11.3 Å². The van der Waals surface area contributed by atoms with E-state index in [1.807, 2.05) is 31.2 Å². The van der Waals surface area contributed by atoms with Crippen LogP contribution in [-0.2, 0) is 6.42 Å². The van der Waals surface area contributed by atoms with Crippen LogP contribution in [0.3, 0.4) is 0 Å². The van der Waals surface area contributed by atoms with Gasteiger partial charge in [0.1, 0.15) is 5.75 Å². The van der Waals surface area contributed by atoms with Gasteiger partial charge in [0.25, 0.3) is 0 Å². The number of hydrogen-bond acceptors (Lipinski definition) is 4. The van der Waals surface area contributed by atoms with Crippen molar-refractivity contribution in [2.24, 2.45) is 0 Å². The number of anilines is 2. The quantitative estimate of drug-likeness (QED) is 0.646. The number of hydrogen-bond donors (Lipinski definition) is 3. The van der Waals surface area contributed by atoms with E-state index in [4.69, 9.17) is 0 Å². The molecule has 1 heterocycles. The molecule has 0 unspecified atom stereocenters. The molecule has 2 amide bonds. The molecular weight excluding hydrogens is 376 g/mol. The number of phenols is 1. The van der Waals surface area contributed by atoms with Crippen molar-refractivity contribution in [1.82, 2.24) is 10.2 Å². The molecule has 1 fully saturated rings. The Morgan fingerprint density at radius 2 is 1.80 bits per heavy atom. The van der Waals surface area contributed by atoms with E-state index in [2.05, 4.69) is 40.3 Å². The number of aryl methyl sites for hydroxylation is 2. The first kappa shape index (κ1) is 22.0. The normalized spacial score (nSPS) is 15.6. The van der Waals surface area contributed by atoms with Crippen molar-refractivity contribution < 1.29 is 9.90 Å². The van der Waals surface area contributed by atoms with Crippen LogP contribution in [0.1, 0.15) is 31.4 Å². The fraction of sp³-hybridized carbons (Fsp3) is 0.458. The van der Waals surface area contributed by atoms with Gasteiger partial charge >= 0.3 is 6.03 Å². The highest BCUT2D eigenvalue weighted by Crippen LogP contribution is 2.24. The van der Waals surface area contributed by atoms with E-state index in [0.29, 0.717) is 0 Å². The maximum Gasteiger partial charge on any atom is 0.319 e. The molecule has 1 saturated heterocycles. The number of urea groups is 1. The number of amides is 2. The molecule has 0 bridgehead atoms. The van der Waals surface area contributed by atoms with Crippen LogP contribution in [-0.4, -0.2) is 54.8 Å². The zero-order valence-electron chi connectivity index (χ0n) is 18.3. The molecule has 1 aliphatic rings. The predicted molar refractivity (Wildman–Crippen MR) is 124 cm³/mol. The number of rotatable bonds is 7. The molecule has 0 aliphatic carbocycles. The number of piperazine rings is 1. The molecule has 3 rings (SSSR count). The molecular formula is C24H34N4O2. The first-order chi connectivity index (χ1) is 14.4. The molecule has 0 radical (unpaired) electrons. The summed E-state index contributed by atoms with van der Waals surface area (Å²) in [5.41, 5.74) is 4.39. The Morgan fingerprint density at radius 1 is 1.10 bits per heavy atom. The molecule has 30 heavy (non-hydrogen) atoms. The average Bonchev–Trinajstić information content (AvgIpc) is 2.73. The lowest BCUT2D eigenvalue weighted by Gasteiger charge is -2.36. The zero-order chi connectivity index (χ0) is 21.5. The predicted octanol–water partition coefficient (Wildman–Crippen LogP) is 3.99. The Kier molecular flexibility index (Phi) is 7.57. The minimum absolute atomic E-state index is 0.0500. The van der Waals surface area contributed by atoms with Crippen LogP contribution in [0.2, 0.25) is 0 Å². The smallest absolute Gasteiger partial charge is 0.319 e. The van der Waals surface area contributed by atoms with Crippen LogP contribution in [0.5, 0.6) is 5.75 Å². The Bertz CT molecular complexity index is 830. The molecule has 6 heteroatoms. The summed E-state index contributed by atoms with van der Waals surface area (Å²) in [4.78, 5) is 17.3. The molecule has 1 atom stereocenters. The van der Waals surface area contributed by atoms with Crippen molar-refractivity contribution in [1.29, 1.82) is 0 Å². The second kappa shape index (κ2) is 10.3. The fourth-order valence-electron chi connectivity index (χ4n) is 3.90. The van der Waals surface area contributed by atoms with E-state index < -0.39 is 0 Å². The van der Waals surface area contributed by atoms with E-state index in [9.17, 15) is 9.90 Å². The number of benzene rings is 2. The largest absolute Gasteiger partial charge is 0.508 e. The monoisotopic (exact) mass is 410 g/mol. The van der Waals surface area contributed by atoms with Crippen molar-refractivity contribution in [2.45, 2.75) is 39.7 Å². The van der Waals surface area contributed by atoms with Gasteiger partial charge in [-0.25, -0.2) is 4.79 Å². The van der Waals surface area contributed by atoms with Crippen LogP contribution < -0.4 is 15.5 Å². The topological polar surface area (TPSA) is 67.8 Å². The number of carbonyl (C=O) groups excluding carboxylic acids is 1.